The second-order valence-electron chi connectivity index (χ2n) is 7.10. The first-order valence-corrected chi connectivity index (χ1v) is 10.2. The van der Waals surface area contributed by atoms with Gasteiger partial charge < -0.3 is 15.4 Å². The van der Waals surface area contributed by atoms with E-state index in [1.54, 1.807) is 25.3 Å². The summed E-state index contributed by atoms with van der Waals surface area (Å²) in [5.74, 6) is 0.231. The molecule has 0 atom stereocenters. The van der Waals surface area contributed by atoms with Gasteiger partial charge >= 0.3 is 0 Å². The topological polar surface area (TPSA) is 82.4 Å². The minimum atomic E-state index is -0.382. The molecule has 0 radical (unpaired) electrons. The number of anilines is 1. The Kier molecular flexibility index (Phi) is 7.54. The number of likely N-dealkylation sites (N-methyl/N-ethyl adjacent to an activating group) is 1. The number of benzene rings is 1. The molecule has 0 saturated heterocycles. The van der Waals surface area contributed by atoms with Gasteiger partial charge in [0, 0.05) is 40.6 Å². The van der Waals surface area contributed by atoms with Crippen molar-refractivity contribution in [3.63, 3.8) is 0 Å². The summed E-state index contributed by atoms with van der Waals surface area (Å²) in [7, 11) is 1.81. The molecule has 1 aromatic carbocycles. The van der Waals surface area contributed by atoms with Crippen LogP contribution >= 0.6 is 11.6 Å². The van der Waals surface area contributed by atoms with Gasteiger partial charge in [0.25, 0.3) is 5.88 Å². The van der Waals surface area contributed by atoms with Crippen molar-refractivity contribution in [2.75, 3.05) is 25.5 Å². The molecular weight excluding hydrogens is 405 g/mol. The molecular formula is C22H25ClFN5O. The van der Waals surface area contributed by atoms with Crippen molar-refractivity contribution in [2.45, 2.75) is 25.7 Å². The first kappa shape index (κ1) is 21.9. The first-order chi connectivity index (χ1) is 14.5. The van der Waals surface area contributed by atoms with Gasteiger partial charge in [0.05, 0.1) is 0 Å². The summed E-state index contributed by atoms with van der Waals surface area (Å²) < 4.78 is 20.0. The number of hydrogen-bond acceptors (Lipinski definition) is 6. The van der Waals surface area contributed by atoms with Crippen LogP contribution in [-0.4, -0.2) is 25.2 Å². The summed E-state index contributed by atoms with van der Waals surface area (Å²) in [5.41, 5.74) is 10.9. The molecule has 158 valence electrons. The smallest absolute Gasteiger partial charge is 0.256 e. The Morgan fingerprint density at radius 2 is 2.17 bits per heavy atom. The van der Waals surface area contributed by atoms with Crippen molar-refractivity contribution >= 4 is 22.9 Å². The molecule has 1 heterocycles. The molecule has 6 nitrogen and oxygen atoms in total. The van der Waals surface area contributed by atoms with E-state index >= 15 is 0 Å². The number of pyridine rings is 1. The number of halogens is 2. The van der Waals surface area contributed by atoms with Crippen molar-refractivity contribution in [2.24, 2.45) is 5.11 Å². The van der Waals surface area contributed by atoms with Crippen molar-refractivity contribution in [3.8, 4) is 0 Å². The van der Waals surface area contributed by atoms with Gasteiger partial charge in [-0.3, -0.25) is 4.98 Å². The highest BCUT2D eigenvalue weighted by Crippen LogP contribution is 2.39. The van der Waals surface area contributed by atoms with E-state index in [4.69, 9.17) is 21.9 Å². The molecule has 1 saturated carbocycles. The molecule has 30 heavy (non-hydrogen) atoms. The van der Waals surface area contributed by atoms with Gasteiger partial charge in [-0.25, -0.2) is 9.92 Å². The largest absolute Gasteiger partial charge is 0.474 e. The first-order valence-electron chi connectivity index (χ1n) is 9.77. The monoisotopic (exact) mass is 429 g/mol. The van der Waals surface area contributed by atoms with E-state index in [0.29, 0.717) is 40.9 Å². The van der Waals surface area contributed by atoms with Crippen LogP contribution in [0.2, 0.25) is 5.02 Å². The zero-order valence-electron chi connectivity index (χ0n) is 17.0. The number of ether oxygens (including phenoxy) is 1. The van der Waals surface area contributed by atoms with Gasteiger partial charge in [-0.1, -0.05) is 11.6 Å². The number of rotatable bonds is 10. The van der Waals surface area contributed by atoms with E-state index in [1.807, 2.05) is 19.2 Å². The van der Waals surface area contributed by atoms with Gasteiger partial charge in [-0.2, -0.15) is 0 Å². The van der Waals surface area contributed by atoms with Crippen molar-refractivity contribution in [1.82, 2.24) is 10.3 Å². The number of nitrogens with zero attached hydrogens (tertiary/aromatic N) is 2. The van der Waals surface area contributed by atoms with E-state index in [-0.39, 0.29) is 11.7 Å². The van der Waals surface area contributed by atoms with Crippen molar-refractivity contribution in [1.29, 1.82) is 5.53 Å². The fraction of sp³-hybridized carbons (Fsp3) is 0.318. The van der Waals surface area contributed by atoms with Crippen molar-refractivity contribution in [3.05, 3.63) is 76.3 Å². The van der Waals surface area contributed by atoms with E-state index in [9.17, 15) is 4.39 Å². The fourth-order valence-corrected chi connectivity index (χ4v) is 3.12. The zero-order valence-corrected chi connectivity index (χ0v) is 17.8. The lowest BCUT2D eigenvalue weighted by molar-refractivity contribution is 0.206. The molecule has 1 aliphatic carbocycles. The van der Waals surface area contributed by atoms with Crippen LogP contribution in [0.25, 0.3) is 5.57 Å². The Bertz CT molecular complexity index is 972. The van der Waals surface area contributed by atoms with Gasteiger partial charge in [-0.05, 0) is 68.8 Å². The standard InChI is InChI=1S/C22H25ClFN5O/c1-14(18-12-16(23)5-6-19(18)24)11-21(22(29-25)30-10-9-26-2)28-17-7-8-27-20(13-17)15-3-4-15/h5-8,11-13,15,25-26H,3-4,9-10H2,1-2H3,(H,27,28)/b14-11+,22-21-,29-25?. The predicted octanol–water partition coefficient (Wildman–Crippen LogP) is 5.70. The second kappa shape index (κ2) is 10.3. The highest BCUT2D eigenvalue weighted by molar-refractivity contribution is 6.30. The predicted molar refractivity (Wildman–Crippen MR) is 117 cm³/mol. The second-order valence-corrected chi connectivity index (χ2v) is 7.54. The fourth-order valence-electron chi connectivity index (χ4n) is 2.95. The molecule has 1 fully saturated rings. The van der Waals surface area contributed by atoms with Gasteiger partial charge in [0.15, 0.2) is 0 Å². The summed E-state index contributed by atoms with van der Waals surface area (Å²) in [6.45, 7) is 2.70. The van der Waals surface area contributed by atoms with Crippen LogP contribution in [0.5, 0.6) is 0 Å². The van der Waals surface area contributed by atoms with Crippen LogP contribution < -0.4 is 10.6 Å². The number of hydrogen-bond donors (Lipinski definition) is 3. The molecule has 1 aliphatic rings. The Morgan fingerprint density at radius 1 is 1.37 bits per heavy atom. The van der Waals surface area contributed by atoms with E-state index < -0.39 is 0 Å². The van der Waals surface area contributed by atoms with E-state index in [2.05, 4.69) is 20.7 Å². The van der Waals surface area contributed by atoms with Crippen LogP contribution in [0.15, 0.2) is 59.3 Å². The SMILES string of the molecule is CNCCO/C(N=N)=C(/C=C(\C)c1cc(Cl)ccc1F)Nc1ccnc(C2CC2)c1. The molecule has 1 aromatic heterocycles. The summed E-state index contributed by atoms with van der Waals surface area (Å²) in [6, 6.07) is 8.22. The molecule has 0 amide bonds. The third-order valence-electron chi connectivity index (χ3n) is 4.69. The summed E-state index contributed by atoms with van der Waals surface area (Å²) in [5, 5.41) is 10.2. The Labute approximate surface area is 180 Å². The highest BCUT2D eigenvalue weighted by atomic mass is 35.5. The Balaban J connectivity index is 1.96. The lowest BCUT2D eigenvalue weighted by Crippen LogP contribution is -2.15. The van der Waals surface area contributed by atoms with Crippen LogP contribution in [0.3, 0.4) is 0 Å². The summed E-state index contributed by atoms with van der Waals surface area (Å²) in [4.78, 5) is 4.43. The van der Waals surface area contributed by atoms with Crippen LogP contribution in [0.4, 0.5) is 10.1 Å². The van der Waals surface area contributed by atoms with Crippen molar-refractivity contribution < 1.29 is 9.13 Å². The summed E-state index contributed by atoms with van der Waals surface area (Å²) >= 11 is 6.05. The van der Waals surface area contributed by atoms with Crippen LogP contribution in [-0.2, 0) is 4.74 Å². The quantitative estimate of drug-likeness (QED) is 0.196. The molecule has 3 rings (SSSR count). The average Bonchev–Trinajstić information content (AvgIpc) is 3.58. The highest BCUT2D eigenvalue weighted by Gasteiger charge is 2.25. The minimum absolute atomic E-state index is 0.108. The van der Waals surface area contributed by atoms with E-state index in [1.165, 1.54) is 12.1 Å². The number of aromatic nitrogens is 1. The van der Waals surface area contributed by atoms with Gasteiger partial charge in [-0.15, -0.1) is 5.11 Å². The molecule has 8 heteroatoms. The lowest BCUT2D eigenvalue weighted by Gasteiger charge is -2.14. The molecule has 2 aromatic rings. The van der Waals surface area contributed by atoms with Gasteiger partial charge in [0.1, 0.15) is 18.1 Å². The average molecular weight is 430 g/mol. The normalized spacial score (nSPS) is 14.9. The molecule has 3 N–H and O–H groups in total. The van der Waals surface area contributed by atoms with E-state index in [0.717, 1.165) is 24.2 Å². The maximum absolute atomic E-state index is 14.3. The number of allylic oxidation sites excluding steroid dienone is 2. The van der Waals surface area contributed by atoms with Crippen LogP contribution in [0, 0.1) is 11.3 Å². The third kappa shape index (κ3) is 5.87. The molecule has 0 aliphatic heterocycles. The Morgan fingerprint density at radius 3 is 2.87 bits per heavy atom. The van der Waals surface area contributed by atoms with Gasteiger partial charge in [0.2, 0.25) is 0 Å². The lowest BCUT2D eigenvalue weighted by atomic mass is 10.1. The minimum Gasteiger partial charge on any atom is -0.474 e. The Hall–Kier alpha value is -2.77. The zero-order chi connectivity index (χ0) is 21.5. The molecule has 0 bridgehead atoms. The third-order valence-corrected chi connectivity index (χ3v) is 4.93. The number of nitrogens with one attached hydrogen (secondary N) is 3. The maximum Gasteiger partial charge on any atom is 0.256 e. The molecule has 0 spiro atoms. The van der Waals surface area contributed by atoms with Crippen LogP contribution in [0.1, 0.15) is 36.9 Å². The maximum atomic E-state index is 14.3. The molecule has 0 unspecified atom stereocenters. The summed E-state index contributed by atoms with van der Waals surface area (Å²) in [6.07, 6.45) is 5.75.